The molecule has 0 aliphatic heterocycles. The quantitative estimate of drug-likeness (QED) is 0.282. The molecule has 204 valence electrons. The lowest BCUT2D eigenvalue weighted by molar-refractivity contribution is 0.133. The van der Waals surface area contributed by atoms with Gasteiger partial charge in [-0.05, 0) is 105 Å². The number of hydrogen-bond donors (Lipinski definition) is 2. The van der Waals surface area contributed by atoms with Crippen LogP contribution in [0.4, 0.5) is 17.5 Å². The van der Waals surface area contributed by atoms with Gasteiger partial charge in [-0.2, -0.15) is 5.26 Å². The summed E-state index contributed by atoms with van der Waals surface area (Å²) in [5.41, 5.74) is 3.71. The fourth-order valence-electron chi connectivity index (χ4n) is 4.87. The maximum Gasteiger partial charge on any atom is 0.192 e. The average Bonchev–Trinajstić information content (AvgIpc) is 3.75. The van der Waals surface area contributed by atoms with Crippen molar-refractivity contribution in [2.24, 2.45) is 0 Å². The molecule has 0 aromatic carbocycles. The molecule has 2 aliphatic rings. The Bertz CT molecular complexity index is 1330. The Balaban J connectivity index is 1.23. The van der Waals surface area contributed by atoms with Crippen molar-refractivity contribution in [2.45, 2.75) is 95.5 Å². The lowest BCUT2D eigenvalue weighted by Crippen LogP contribution is -2.45. The van der Waals surface area contributed by atoms with Gasteiger partial charge in [-0.3, -0.25) is 0 Å². The van der Waals surface area contributed by atoms with Crippen LogP contribution in [0.15, 0.2) is 48.8 Å². The van der Waals surface area contributed by atoms with Crippen LogP contribution >= 0.6 is 0 Å². The summed E-state index contributed by atoms with van der Waals surface area (Å²) in [5, 5.41) is 16.4. The van der Waals surface area contributed by atoms with Gasteiger partial charge in [-0.15, -0.1) is 0 Å². The molecule has 8 heteroatoms. The lowest BCUT2D eigenvalue weighted by Gasteiger charge is -2.41. The minimum absolute atomic E-state index is 0.247. The fraction of sp³-hybridized carbons (Fsp3) is 0.484. The Kier molecular flexibility index (Phi) is 7.74. The molecule has 2 aliphatic carbocycles. The maximum atomic E-state index is 9.21. The van der Waals surface area contributed by atoms with Crippen LogP contribution in [0.2, 0.25) is 18.1 Å². The topological polar surface area (TPSA) is 95.8 Å². The second-order valence-electron chi connectivity index (χ2n) is 12.5. The maximum absolute atomic E-state index is 9.21. The molecule has 7 nitrogen and oxygen atoms in total. The summed E-state index contributed by atoms with van der Waals surface area (Å²) in [6.07, 6.45) is 10.7. The Morgan fingerprint density at radius 2 is 1.69 bits per heavy atom. The molecule has 0 unspecified atom stereocenters. The summed E-state index contributed by atoms with van der Waals surface area (Å²) in [6.45, 7) is 11.6. The van der Waals surface area contributed by atoms with Crippen LogP contribution in [0, 0.1) is 11.3 Å². The third-order valence-electron chi connectivity index (χ3n) is 8.39. The van der Waals surface area contributed by atoms with E-state index in [0.717, 1.165) is 48.6 Å². The van der Waals surface area contributed by atoms with E-state index in [1.165, 1.54) is 18.4 Å². The minimum Gasteiger partial charge on any atom is -0.414 e. The first-order valence-corrected chi connectivity index (χ1v) is 17.1. The normalized spacial score (nSPS) is 19.8. The van der Waals surface area contributed by atoms with Gasteiger partial charge in [0.05, 0.1) is 17.3 Å². The lowest BCUT2D eigenvalue weighted by atomic mass is 9.93. The molecule has 39 heavy (non-hydrogen) atoms. The predicted octanol–water partition coefficient (Wildman–Crippen LogP) is 7.78. The molecule has 3 heterocycles. The molecule has 0 saturated heterocycles. The SMILES string of the molecule is CC(C)(C)[Si](C)(C)OC1CCC(Nc2ccc(-c3cc(C4CC4)cc(Nc4cc(C#N)ccn4)n3)cn2)CC1. The van der Waals surface area contributed by atoms with E-state index in [4.69, 9.17) is 14.4 Å². The number of hydrogen-bond acceptors (Lipinski definition) is 7. The van der Waals surface area contributed by atoms with Gasteiger partial charge in [-0.1, -0.05) is 20.8 Å². The highest BCUT2D eigenvalue weighted by atomic mass is 28.4. The van der Waals surface area contributed by atoms with Crippen LogP contribution in [0.1, 0.15) is 76.3 Å². The molecule has 3 aromatic rings. The monoisotopic (exact) mass is 540 g/mol. The highest BCUT2D eigenvalue weighted by molar-refractivity contribution is 6.74. The van der Waals surface area contributed by atoms with Gasteiger partial charge >= 0.3 is 0 Å². The first kappa shape index (κ1) is 27.3. The van der Waals surface area contributed by atoms with E-state index in [-0.39, 0.29) is 5.04 Å². The first-order chi connectivity index (χ1) is 18.6. The molecule has 2 saturated carbocycles. The summed E-state index contributed by atoms with van der Waals surface area (Å²) in [7, 11) is -1.72. The molecule has 2 fully saturated rings. The summed E-state index contributed by atoms with van der Waals surface area (Å²) in [5.74, 6) is 2.83. The second kappa shape index (κ2) is 11.1. The zero-order chi connectivity index (χ0) is 27.6. The van der Waals surface area contributed by atoms with Crippen LogP contribution in [-0.2, 0) is 4.43 Å². The van der Waals surface area contributed by atoms with Crippen LogP contribution in [0.5, 0.6) is 0 Å². The summed E-state index contributed by atoms with van der Waals surface area (Å²) >= 11 is 0. The number of nitrogens with zero attached hydrogens (tertiary/aromatic N) is 4. The second-order valence-corrected chi connectivity index (χ2v) is 17.3. The van der Waals surface area contributed by atoms with Crippen LogP contribution in [0.3, 0.4) is 0 Å². The molecular formula is C31H40N6OSi. The zero-order valence-corrected chi connectivity index (χ0v) is 24.8. The van der Waals surface area contributed by atoms with Crippen molar-refractivity contribution >= 4 is 25.8 Å². The number of nitriles is 1. The Morgan fingerprint density at radius 1 is 0.923 bits per heavy atom. The van der Waals surface area contributed by atoms with Gasteiger partial charge in [0.2, 0.25) is 0 Å². The number of pyridine rings is 3. The molecule has 3 aromatic heterocycles. The van der Waals surface area contributed by atoms with Crippen molar-refractivity contribution in [1.82, 2.24) is 15.0 Å². The fourth-order valence-corrected chi connectivity index (χ4v) is 6.30. The minimum atomic E-state index is -1.72. The van der Waals surface area contributed by atoms with Crippen molar-refractivity contribution < 1.29 is 4.43 Å². The van der Waals surface area contributed by atoms with Gasteiger partial charge in [0.1, 0.15) is 17.5 Å². The number of rotatable bonds is 8. The van der Waals surface area contributed by atoms with E-state index in [1.807, 2.05) is 6.20 Å². The highest BCUT2D eigenvalue weighted by Crippen LogP contribution is 2.42. The van der Waals surface area contributed by atoms with Crippen molar-refractivity contribution in [3.8, 4) is 17.3 Å². The first-order valence-electron chi connectivity index (χ1n) is 14.2. The van der Waals surface area contributed by atoms with E-state index in [1.54, 1.807) is 18.3 Å². The molecular weight excluding hydrogens is 500 g/mol. The van der Waals surface area contributed by atoms with E-state index in [2.05, 4.69) is 79.8 Å². The number of anilines is 3. The molecule has 0 atom stereocenters. The van der Waals surface area contributed by atoms with E-state index >= 15 is 0 Å². The van der Waals surface area contributed by atoms with E-state index in [9.17, 15) is 5.26 Å². The summed E-state index contributed by atoms with van der Waals surface area (Å²) < 4.78 is 6.66. The zero-order valence-electron chi connectivity index (χ0n) is 23.8. The molecule has 0 bridgehead atoms. The van der Waals surface area contributed by atoms with Crippen molar-refractivity contribution in [3.63, 3.8) is 0 Å². The van der Waals surface area contributed by atoms with Crippen molar-refractivity contribution in [3.05, 3.63) is 59.9 Å². The van der Waals surface area contributed by atoms with Crippen LogP contribution < -0.4 is 10.6 Å². The molecule has 0 spiro atoms. The van der Waals surface area contributed by atoms with Crippen molar-refractivity contribution in [2.75, 3.05) is 10.6 Å². The van der Waals surface area contributed by atoms with Gasteiger partial charge < -0.3 is 15.1 Å². The summed E-state index contributed by atoms with van der Waals surface area (Å²) in [6, 6.07) is 14.4. The Morgan fingerprint density at radius 3 is 2.33 bits per heavy atom. The third-order valence-corrected chi connectivity index (χ3v) is 12.9. The highest BCUT2D eigenvalue weighted by Gasteiger charge is 2.39. The van der Waals surface area contributed by atoms with Crippen molar-refractivity contribution in [1.29, 1.82) is 5.26 Å². The van der Waals surface area contributed by atoms with Gasteiger partial charge in [-0.25, -0.2) is 15.0 Å². The molecule has 0 amide bonds. The van der Waals surface area contributed by atoms with E-state index < -0.39 is 8.32 Å². The van der Waals surface area contributed by atoms with Gasteiger partial charge in [0, 0.05) is 30.1 Å². The average molecular weight is 541 g/mol. The number of aromatic nitrogens is 3. The standard InChI is InChI=1S/C31H40N6OSi/c1-31(2,3)39(4,5)38-26-11-9-25(10-12-26)35-28-13-8-23(20-34-28)27-17-24(22-6-7-22)18-30(36-27)37-29-16-21(19-32)14-15-33-29/h8,13-18,20,22,25-26H,6-7,9-12H2,1-5H3,(H,34,35)(H,33,36,37). The van der Waals surface area contributed by atoms with Crippen LogP contribution in [0.25, 0.3) is 11.3 Å². The molecule has 2 N–H and O–H groups in total. The van der Waals surface area contributed by atoms with Gasteiger partial charge in [0.15, 0.2) is 8.32 Å². The largest absolute Gasteiger partial charge is 0.414 e. The molecule has 0 radical (unpaired) electrons. The van der Waals surface area contributed by atoms with E-state index in [0.29, 0.717) is 29.4 Å². The van der Waals surface area contributed by atoms with Gasteiger partial charge in [0.25, 0.3) is 0 Å². The molecule has 5 rings (SSSR count). The third kappa shape index (κ3) is 6.84. The smallest absolute Gasteiger partial charge is 0.192 e. The Hall–Kier alpha value is -3.28. The predicted molar refractivity (Wildman–Crippen MR) is 160 cm³/mol. The van der Waals surface area contributed by atoms with Crippen LogP contribution in [-0.4, -0.2) is 35.4 Å². The number of nitrogens with one attached hydrogen (secondary N) is 2. The summed E-state index contributed by atoms with van der Waals surface area (Å²) in [4.78, 5) is 13.9. The Labute approximate surface area is 233 Å².